The second kappa shape index (κ2) is 5.55. The fourth-order valence-corrected chi connectivity index (χ4v) is 1.80. The summed E-state index contributed by atoms with van der Waals surface area (Å²) in [6.07, 6.45) is 7.57. The van der Waals surface area contributed by atoms with E-state index in [9.17, 15) is 0 Å². The Morgan fingerprint density at radius 2 is 2.00 bits per heavy atom. The molecule has 1 atom stereocenters. The van der Waals surface area contributed by atoms with Crippen LogP contribution in [-0.4, -0.2) is 23.8 Å². The van der Waals surface area contributed by atoms with Crippen LogP contribution < -0.4 is 5.32 Å². The highest BCUT2D eigenvalue weighted by molar-refractivity contribution is 4.71. The standard InChI is InChI=1S/C10H21NO/c1-9(12)7-8-11-10-5-3-2-4-6-10/h9-12H,2-8H2,1H3/t9-/m1/s1. The molecular weight excluding hydrogens is 150 g/mol. The molecule has 1 rings (SSSR count). The van der Waals surface area contributed by atoms with Crippen LogP contribution in [0.2, 0.25) is 0 Å². The first kappa shape index (κ1) is 10.0. The molecule has 0 unspecified atom stereocenters. The van der Waals surface area contributed by atoms with Crippen LogP contribution >= 0.6 is 0 Å². The maximum absolute atomic E-state index is 9.04. The van der Waals surface area contributed by atoms with Crippen LogP contribution in [0, 0.1) is 0 Å². The second-order valence-corrected chi connectivity index (χ2v) is 3.93. The lowest BCUT2D eigenvalue weighted by Crippen LogP contribution is -2.32. The van der Waals surface area contributed by atoms with Gasteiger partial charge in [0.25, 0.3) is 0 Å². The molecule has 0 aromatic heterocycles. The first-order valence-electron chi connectivity index (χ1n) is 5.20. The minimum atomic E-state index is -0.152. The van der Waals surface area contributed by atoms with Crippen LogP contribution in [0.25, 0.3) is 0 Å². The van der Waals surface area contributed by atoms with E-state index < -0.39 is 0 Å². The molecule has 0 aliphatic heterocycles. The Kier molecular flexibility index (Phi) is 4.62. The zero-order chi connectivity index (χ0) is 8.81. The first-order valence-corrected chi connectivity index (χ1v) is 5.20. The molecule has 0 aromatic carbocycles. The van der Waals surface area contributed by atoms with Crippen molar-refractivity contribution in [2.45, 2.75) is 57.6 Å². The fourth-order valence-electron chi connectivity index (χ4n) is 1.80. The van der Waals surface area contributed by atoms with Crippen molar-refractivity contribution in [3.63, 3.8) is 0 Å². The summed E-state index contributed by atoms with van der Waals surface area (Å²) >= 11 is 0. The number of hydrogen-bond acceptors (Lipinski definition) is 2. The maximum Gasteiger partial charge on any atom is 0.0524 e. The average molecular weight is 171 g/mol. The Morgan fingerprint density at radius 3 is 2.58 bits per heavy atom. The Labute approximate surface area is 75.4 Å². The summed E-state index contributed by atoms with van der Waals surface area (Å²) in [5.41, 5.74) is 0. The van der Waals surface area contributed by atoms with Crippen LogP contribution in [0.3, 0.4) is 0 Å². The molecule has 2 N–H and O–H groups in total. The second-order valence-electron chi connectivity index (χ2n) is 3.93. The van der Waals surface area contributed by atoms with E-state index in [1.807, 2.05) is 6.92 Å². The predicted octanol–water partition coefficient (Wildman–Crippen LogP) is 1.68. The summed E-state index contributed by atoms with van der Waals surface area (Å²) in [4.78, 5) is 0. The smallest absolute Gasteiger partial charge is 0.0524 e. The van der Waals surface area contributed by atoms with Gasteiger partial charge in [0, 0.05) is 6.04 Å². The third-order valence-electron chi connectivity index (χ3n) is 2.60. The number of nitrogens with one attached hydrogen (secondary N) is 1. The van der Waals surface area contributed by atoms with E-state index in [1.54, 1.807) is 0 Å². The maximum atomic E-state index is 9.04. The molecule has 12 heavy (non-hydrogen) atoms. The van der Waals surface area contributed by atoms with Gasteiger partial charge in [0.2, 0.25) is 0 Å². The summed E-state index contributed by atoms with van der Waals surface area (Å²) in [6.45, 7) is 2.82. The Bertz CT molecular complexity index is 108. The van der Waals surface area contributed by atoms with E-state index >= 15 is 0 Å². The lowest BCUT2D eigenvalue weighted by Gasteiger charge is -2.23. The van der Waals surface area contributed by atoms with E-state index in [4.69, 9.17) is 5.11 Å². The summed E-state index contributed by atoms with van der Waals surface area (Å²) in [7, 11) is 0. The Morgan fingerprint density at radius 1 is 1.33 bits per heavy atom. The van der Waals surface area contributed by atoms with Crippen molar-refractivity contribution in [1.29, 1.82) is 0 Å². The lowest BCUT2D eigenvalue weighted by molar-refractivity contribution is 0.180. The zero-order valence-electron chi connectivity index (χ0n) is 8.05. The Balaban J connectivity index is 1.98. The SMILES string of the molecule is C[C@@H](O)CCNC1CCCCC1. The number of aliphatic hydroxyl groups excluding tert-OH is 1. The minimum Gasteiger partial charge on any atom is -0.393 e. The molecule has 1 aliphatic carbocycles. The molecule has 0 bridgehead atoms. The topological polar surface area (TPSA) is 32.3 Å². The number of rotatable bonds is 4. The van der Waals surface area contributed by atoms with E-state index in [0.29, 0.717) is 0 Å². The van der Waals surface area contributed by atoms with Crippen molar-refractivity contribution < 1.29 is 5.11 Å². The monoisotopic (exact) mass is 171 g/mol. The lowest BCUT2D eigenvalue weighted by atomic mass is 9.95. The van der Waals surface area contributed by atoms with E-state index in [1.165, 1.54) is 32.1 Å². The van der Waals surface area contributed by atoms with E-state index in [-0.39, 0.29) is 6.10 Å². The molecule has 2 nitrogen and oxygen atoms in total. The zero-order valence-corrected chi connectivity index (χ0v) is 8.05. The summed E-state index contributed by atoms with van der Waals surface area (Å²) in [6, 6.07) is 0.734. The van der Waals surface area contributed by atoms with Crippen molar-refractivity contribution in [2.24, 2.45) is 0 Å². The predicted molar refractivity (Wildman–Crippen MR) is 51.2 cm³/mol. The normalized spacial score (nSPS) is 22.5. The molecule has 0 spiro atoms. The molecule has 0 aromatic rings. The molecule has 1 aliphatic rings. The molecule has 0 radical (unpaired) electrons. The number of aliphatic hydroxyl groups is 1. The van der Waals surface area contributed by atoms with Crippen LogP contribution in [0.4, 0.5) is 0 Å². The van der Waals surface area contributed by atoms with Gasteiger partial charge in [-0.2, -0.15) is 0 Å². The van der Waals surface area contributed by atoms with Crippen molar-refractivity contribution in [1.82, 2.24) is 5.32 Å². The van der Waals surface area contributed by atoms with Gasteiger partial charge in [-0.1, -0.05) is 19.3 Å². The highest BCUT2D eigenvalue weighted by Crippen LogP contribution is 2.17. The minimum absolute atomic E-state index is 0.152. The molecule has 72 valence electrons. The van der Waals surface area contributed by atoms with E-state index in [2.05, 4.69) is 5.32 Å². The fraction of sp³-hybridized carbons (Fsp3) is 1.00. The van der Waals surface area contributed by atoms with Crippen molar-refractivity contribution >= 4 is 0 Å². The quantitative estimate of drug-likeness (QED) is 0.674. The molecule has 1 saturated carbocycles. The van der Waals surface area contributed by atoms with Gasteiger partial charge >= 0.3 is 0 Å². The van der Waals surface area contributed by atoms with Crippen LogP contribution in [0.5, 0.6) is 0 Å². The van der Waals surface area contributed by atoms with Gasteiger partial charge < -0.3 is 10.4 Å². The highest BCUT2D eigenvalue weighted by Gasteiger charge is 2.11. The average Bonchev–Trinajstić information content (AvgIpc) is 2.05. The summed E-state index contributed by atoms with van der Waals surface area (Å²) in [5.74, 6) is 0. The molecule has 0 saturated heterocycles. The molecular formula is C10H21NO. The number of hydrogen-bond donors (Lipinski definition) is 2. The Hall–Kier alpha value is -0.0800. The van der Waals surface area contributed by atoms with Gasteiger partial charge in [0.15, 0.2) is 0 Å². The first-order chi connectivity index (χ1) is 5.79. The summed E-state index contributed by atoms with van der Waals surface area (Å²) < 4.78 is 0. The van der Waals surface area contributed by atoms with Crippen LogP contribution in [0.15, 0.2) is 0 Å². The van der Waals surface area contributed by atoms with Crippen molar-refractivity contribution in [2.75, 3.05) is 6.54 Å². The van der Waals surface area contributed by atoms with Gasteiger partial charge in [-0.3, -0.25) is 0 Å². The molecule has 1 fully saturated rings. The van der Waals surface area contributed by atoms with Gasteiger partial charge in [-0.25, -0.2) is 0 Å². The highest BCUT2D eigenvalue weighted by atomic mass is 16.3. The molecule has 0 heterocycles. The van der Waals surface area contributed by atoms with Crippen molar-refractivity contribution in [3.8, 4) is 0 Å². The molecule has 0 amide bonds. The van der Waals surface area contributed by atoms with Gasteiger partial charge in [0.1, 0.15) is 0 Å². The summed E-state index contributed by atoms with van der Waals surface area (Å²) in [5, 5.41) is 12.5. The van der Waals surface area contributed by atoms with Crippen molar-refractivity contribution in [3.05, 3.63) is 0 Å². The molecule has 2 heteroatoms. The van der Waals surface area contributed by atoms with Crippen LogP contribution in [-0.2, 0) is 0 Å². The third-order valence-corrected chi connectivity index (χ3v) is 2.60. The van der Waals surface area contributed by atoms with Gasteiger partial charge in [-0.05, 0) is 32.7 Å². The third kappa shape index (κ3) is 4.07. The largest absolute Gasteiger partial charge is 0.393 e. The van der Waals surface area contributed by atoms with E-state index in [0.717, 1.165) is 19.0 Å². The van der Waals surface area contributed by atoms with Gasteiger partial charge in [0.05, 0.1) is 6.10 Å². The van der Waals surface area contributed by atoms with Gasteiger partial charge in [-0.15, -0.1) is 0 Å². The van der Waals surface area contributed by atoms with Crippen LogP contribution in [0.1, 0.15) is 45.4 Å².